The first-order chi connectivity index (χ1) is 13.8. The maximum atomic E-state index is 12.7. The predicted molar refractivity (Wildman–Crippen MR) is 113 cm³/mol. The van der Waals surface area contributed by atoms with Crippen LogP contribution in [0.1, 0.15) is 22.8 Å². The molecule has 2 aromatic rings. The third-order valence-corrected chi connectivity index (χ3v) is 7.63. The molecular weight excluding hydrogens is 412 g/mol. The van der Waals surface area contributed by atoms with Gasteiger partial charge in [-0.1, -0.05) is 30.3 Å². The fourth-order valence-corrected chi connectivity index (χ4v) is 5.54. The van der Waals surface area contributed by atoms with Crippen LogP contribution in [-0.2, 0) is 20.6 Å². The number of nitrogens with zero attached hydrogens (tertiary/aromatic N) is 2. The van der Waals surface area contributed by atoms with Crippen molar-refractivity contribution in [2.75, 3.05) is 31.5 Å². The standard InChI is InChI=1S/C19H24N4O4S2/c1-14(18(25)21-19-16(17(20)24)7-12-28-19)22-8-10-23(11-9-22)29(26,27)13-15-5-3-2-4-6-15/h2-7,12,14H,8-11,13H2,1H3,(H2,20,24)(H,21,25)/t14-/m1/s1. The van der Waals surface area contributed by atoms with E-state index in [1.165, 1.54) is 15.6 Å². The summed E-state index contributed by atoms with van der Waals surface area (Å²) in [6, 6.07) is 10.2. The van der Waals surface area contributed by atoms with E-state index >= 15 is 0 Å². The molecule has 1 atom stereocenters. The molecule has 0 radical (unpaired) electrons. The molecule has 10 heteroatoms. The molecule has 0 saturated carbocycles. The molecule has 1 aliphatic rings. The van der Waals surface area contributed by atoms with Crippen LogP contribution in [0.25, 0.3) is 0 Å². The number of nitrogens with two attached hydrogens (primary N) is 1. The van der Waals surface area contributed by atoms with Crippen molar-refractivity contribution in [2.45, 2.75) is 18.7 Å². The summed E-state index contributed by atoms with van der Waals surface area (Å²) in [6.45, 7) is 3.34. The smallest absolute Gasteiger partial charge is 0.251 e. The fraction of sp³-hybridized carbons (Fsp3) is 0.368. The van der Waals surface area contributed by atoms with E-state index in [4.69, 9.17) is 5.73 Å². The van der Waals surface area contributed by atoms with E-state index in [0.29, 0.717) is 31.2 Å². The first kappa shape index (κ1) is 21.4. The average molecular weight is 437 g/mol. The van der Waals surface area contributed by atoms with Crippen LogP contribution in [0.4, 0.5) is 5.00 Å². The van der Waals surface area contributed by atoms with Crippen molar-refractivity contribution in [3.63, 3.8) is 0 Å². The highest BCUT2D eigenvalue weighted by Gasteiger charge is 2.31. The van der Waals surface area contributed by atoms with Gasteiger partial charge in [0.2, 0.25) is 15.9 Å². The Morgan fingerprint density at radius 2 is 1.79 bits per heavy atom. The van der Waals surface area contributed by atoms with E-state index in [0.717, 1.165) is 5.56 Å². The van der Waals surface area contributed by atoms with Gasteiger partial charge in [0.25, 0.3) is 5.91 Å². The SMILES string of the molecule is C[C@H](C(=O)Nc1sccc1C(N)=O)N1CCN(S(=O)(=O)Cc2ccccc2)CC1. The minimum atomic E-state index is -3.41. The molecular formula is C19H24N4O4S2. The zero-order valence-electron chi connectivity index (χ0n) is 16.1. The third kappa shape index (κ3) is 5.21. The summed E-state index contributed by atoms with van der Waals surface area (Å²) in [7, 11) is -3.41. The van der Waals surface area contributed by atoms with Gasteiger partial charge in [0.1, 0.15) is 5.00 Å². The zero-order valence-corrected chi connectivity index (χ0v) is 17.7. The lowest BCUT2D eigenvalue weighted by Gasteiger charge is -2.36. The summed E-state index contributed by atoms with van der Waals surface area (Å²) < 4.78 is 26.8. The summed E-state index contributed by atoms with van der Waals surface area (Å²) in [4.78, 5) is 25.9. The Labute approximate surface area is 174 Å². The van der Waals surface area contributed by atoms with E-state index in [-0.39, 0.29) is 17.2 Å². The lowest BCUT2D eigenvalue weighted by molar-refractivity contribution is -0.121. The first-order valence-corrected chi connectivity index (χ1v) is 11.7. The van der Waals surface area contributed by atoms with E-state index in [9.17, 15) is 18.0 Å². The highest BCUT2D eigenvalue weighted by Crippen LogP contribution is 2.23. The van der Waals surface area contributed by atoms with Crippen molar-refractivity contribution >= 4 is 38.2 Å². The molecule has 0 spiro atoms. The van der Waals surface area contributed by atoms with E-state index in [1.807, 2.05) is 23.1 Å². The van der Waals surface area contributed by atoms with Crippen LogP contribution in [0.2, 0.25) is 0 Å². The van der Waals surface area contributed by atoms with Crippen LogP contribution in [0.15, 0.2) is 41.8 Å². The highest BCUT2D eigenvalue weighted by molar-refractivity contribution is 7.88. The number of rotatable bonds is 7. The zero-order chi connectivity index (χ0) is 21.0. The van der Waals surface area contributed by atoms with Crippen molar-refractivity contribution in [2.24, 2.45) is 5.73 Å². The van der Waals surface area contributed by atoms with Gasteiger partial charge >= 0.3 is 0 Å². The molecule has 1 aromatic heterocycles. The molecule has 8 nitrogen and oxygen atoms in total. The van der Waals surface area contributed by atoms with Gasteiger partial charge in [-0.25, -0.2) is 8.42 Å². The summed E-state index contributed by atoms with van der Waals surface area (Å²) in [5, 5.41) is 4.87. The molecule has 1 aliphatic heterocycles. The van der Waals surface area contributed by atoms with E-state index in [1.54, 1.807) is 30.5 Å². The van der Waals surface area contributed by atoms with Gasteiger partial charge in [-0.15, -0.1) is 11.3 Å². The Morgan fingerprint density at radius 1 is 1.14 bits per heavy atom. The van der Waals surface area contributed by atoms with Gasteiger partial charge in [0, 0.05) is 26.2 Å². The monoisotopic (exact) mass is 436 g/mol. The largest absolute Gasteiger partial charge is 0.366 e. The number of sulfonamides is 1. The van der Waals surface area contributed by atoms with Gasteiger partial charge in [-0.3, -0.25) is 14.5 Å². The minimum Gasteiger partial charge on any atom is -0.366 e. The van der Waals surface area contributed by atoms with Gasteiger partial charge in [-0.2, -0.15) is 4.31 Å². The molecule has 0 aliphatic carbocycles. The quantitative estimate of drug-likeness (QED) is 0.680. The predicted octanol–water partition coefficient (Wildman–Crippen LogP) is 1.32. The summed E-state index contributed by atoms with van der Waals surface area (Å²) in [5.74, 6) is -0.875. The molecule has 3 N–H and O–H groups in total. The van der Waals surface area contributed by atoms with Gasteiger partial charge in [-0.05, 0) is 23.9 Å². The van der Waals surface area contributed by atoms with E-state index < -0.39 is 22.0 Å². The van der Waals surface area contributed by atoms with Crippen LogP contribution in [0.5, 0.6) is 0 Å². The topological polar surface area (TPSA) is 113 Å². The van der Waals surface area contributed by atoms with Crippen LogP contribution < -0.4 is 11.1 Å². The fourth-order valence-electron chi connectivity index (χ4n) is 3.23. The molecule has 29 heavy (non-hydrogen) atoms. The molecule has 1 fully saturated rings. The molecule has 1 aromatic carbocycles. The summed E-state index contributed by atoms with van der Waals surface area (Å²) in [6.07, 6.45) is 0. The number of carbonyl (C=O) groups is 2. The van der Waals surface area contributed by atoms with Crippen LogP contribution in [0, 0.1) is 0 Å². The first-order valence-electron chi connectivity index (χ1n) is 9.22. The average Bonchev–Trinajstić information content (AvgIpc) is 3.16. The number of nitrogens with one attached hydrogen (secondary N) is 1. The minimum absolute atomic E-state index is 0.0296. The highest BCUT2D eigenvalue weighted by atomic mass is 32.2. The van der Waals surface area contributed by atoms with Gasteiger partial charge in [0.15, 0.2) is 0 Å². The maximum absolute atomic E-state index is 12.7. The molecule has 3 rings (SSSR count). The van der Waals surface area contributed by atoms with Crippen molar-refractivity contribution in [3.05, 3.63) is 52.9 Å². The summed E-state index contributed by atoms with van der Waals surface area (Å²) in [5.41, 5.74) is 6.35. The number of benzene rings is 1. The number of piperazine rings is 1. The van der Waals surface area contributed by atoms with Crippen LogP contribution in [0.3, 0.4) is 0 Å². The molecule has 156 valence electrons. The Bertz CT molecular complexity index is 967. The van der Waals surface area contributed by atoms with Crippen LogP contribution in [-0.4, -0.2) is 61.7 Å². The Balaban J connectivity index is 1.56. The van der Waals surface area contributed by atoms with Crippen molar-refractivity contribution in [3.8, 4) is 0 Å². The van der Waals surface area contributed by atoms with Gasteiger partial charge < -0.3 is 11.1 Å². The maximum Gasteiger partial charge on any atom is 0.251 e. The lowest BCUT2D eigenvalue weighted by atomic mass is 10.2. The normalized spacial score (nSPS) is 17.0. The van der Waals surface area contributed by atoms with E-state index in [2.05, 4.69) is 5.32 Å². The second-order valence-electron chi connectivity index (χ2n) is 6.87. The molecule has 2 heterocycles. The van der Waals surface area contributed by atoms with Crippen molar-refractivity contribution in [1.29, 1.82) is 0 Å². The van der Waals surface area contributed by atoms with Gasteiger partial charge in [0.05, 0.1) is 17.4 Å². The summed E-state index contributed by atoms with van der Waals surface area (Å²) >= 11 is 1.24. The Hall–Kier alpha value is -2.27. The number of hydrogen-bond acceptors (Lipinski definition) is 6. The second kappa shape index (κ2) is 9.04. The van der Waals surface area contributed by atoms with Crippen LogP contribution >= 0.6 is 11.3 Å². The Morgan fingerprint density at radius 3 is 2.41 bits per heavy atom. The number of primary amides is 1. The lowest BCUT2D eigenvalue weighted by Crippen LogP contribution is -2.54. The number of anilines is 1. The number of hydrogen-bond donors (Lipinski definition) is 2. The Kier molecular flexibility index (Phi) is 6.68. The molecule has 0 bridgehead atoms. The molecule has 2 amide bonds. The number of amides is 2. The third-order valence-electron chi connectivity index (χ3n) is 4.95. The molecule has 1 saturated heterocycles. The number of carbonyl (C=O) groups excluding carboxylic acids is 2. The van der Waals surface area contributed by atoms with Crippen molar-refractivity contribution in [1.82, 2.24) is 9.21 Å². The number of thiophene rings is 1. The second-order valence-corrected chi connectivity index (χ2v) is 9.75. The van der Waals surface area contributed by atoms with Crippen molar-refractivity contribution < 1.29 is 18.0 Å². The molecule has 0 unspecified atom stereocenters.